The van der Waals surface area contributed by atoms with E-state index >= 15 is 0 Å². The summed E-state index contributed by atoms with van der Waals surface area (Å²) in [7, 11) is 0. The maximum absolute atomic E-state index is 12.5. The molecule has 0 bridgehead atoms. The van der Waals surface area contributed by atoms with Crippen LogP contribution in [-0.2, 0) is 4.79 Å². The van der Waals surface area contributed by atoms with Gasteiger partial charge in [0.1, 0.15) is 23.3 Å². The van der Waals surface area contributed by atoms with Crippen LogP contribution in [-0.4, -0.2) is 22.8 Å². The van der Waals surface area contributed by atoms with Crippen molar-refractivity contribution in [1.82, 2.24) is 5.32 Å². The fourth-order valence-corrected chi connectivity index (χ4v) is 3.39. The van der Waals surface area contributed by atoms with Crippen molar-refractivity contribution in [3.63, 3.8) is 0 Å². The van der Waals surface area contributed by atoms with Gasteiger partial charge in [-0.05, 0) is 49.2 Å². The lowest BCUT2D eigenvalue weighted by Crippen LogP contribution is -2.34. The van der Waals surface area contributed by atoms with E-state index in [2.05, 4.69) is 17.2 Å². The number of amides is 1. The Morgan fingerprint density at radius 1 is 1.00 bits per heavy atom. The Morgan fingerprint density at radius 3 is 2.35 bits per heavy atom. The van der Waals surface area contributed by atoms with Crippen molar-refractivity contribution in [2.75, 3.05) is 5.32 Å². The number of phenolic OH excluding ortho intramolecular Hbond substituents is 1. The molecule has 1 heterocycles. The van der Waals surface area contributed by atoms with Gasteiger partial charge in [0, 0.05) is 23.0 Å². The molecule has 31 heavy (non-hydrogen) atoms. The first-order valence-electron chi connectivity index (χ1n) is 9.95. The Balaban J connectivity index is 1.40. The fourth-order valence-electron chi connectivity index (χ4n) is 3.39. The number of carbonyl (C=O) groups is 2. The van der Waals surface area contributed by atoms with E-state index < -0.39 is 0 Å². The number of phenols is 1. The van der Waals surface area contributed by atoms with Crippen molar-refractivity contribution in [1.29, 1.82) is 0 Å². The van der Waals surface area contributed by atoms with E-state index in [-0.39, 0.29) is 29.0 Å². The minimum Gasteiger partial charge on any atom is -0.507 e. The minimum absolute atomic E-state index is 0.101. The van der Waals surface area contributed by atoms with Gasteiger partial charge < -0.3 is 20.5 Å². The van der Waals surface area contributed by atoms with E-state index in [0.29, 0.717) is 22.7 Å². The molecule has 1 aliphatic rings. The average Bonchev–Trinajstić information content (AvgIpc) is 3.22. The largest absolute Gasteiger partial charge is 0.507 e. The summed E-state index contributed by atoms with van der Waals surface area (Å²) in [6, 6.07) is 20.0. The molecular weight excluding hydrogens is 392 g/mol. The molecule has 0 aliphatic carbocycles. The summed E-state index contributed by atoms with van der Waals surface area (Å²) in [5, 5.41) is 16.2. The zero-order valence-corrected chi connectivity index (χ0v) is 16.8. The van der Waals surface area contributed by atoms with Gasteiger partial charge in [-0.25, -0.2) is 0 Å². The lowest BCUT2D eigenvalue weighted by Gasteiger charge is -2.12. The summed E-state index contributed by atoms with van der Waals surface area (Å²) in [5.41, 5.74) is 2.24. The first kappa shape index (κ1) is 20.2. The molecule has 0 saturated carbocycles. The predicted octanol–water partition coefficient (Wildman–Crippen LogP) is 4.62. The third kappa shape index (κ3) is 4.75. The Kier molecular flexibility index (Phi) is 5.71. The first-order chi connectivity index (χ1) is 15.0. The van der Waals surface area contributed by atoms with Crippen LogP contribution in [0.15, 0.2) is 85.1 Å². The van der Waals surface area contributed by atoms with Crippen LogP contribution in [0, 0.1) is 0 Å². The number of allylic oxidation sites excluding steroid dienone is 1. The minimum atomic E-state index is -0.261. The molecule has 4 rings (SSSR count). The van der Waals surface area contributed by atoms with Crippen LogP contribution in [0.25, 0.3) is 0 Å². The van der Waals surface area contributed by atoms with E-state index in [4.69, 9.17) is 4.74 Å². The number of benzene rings is 3. The van der Waals surface area contributed by atoms with Crippen molar-refractivity contribution in [2.24, 2.45) is 0 Å². The second-order valence-electron chi connectivity index (χ2n) is 7.33. The molecule has 6 heteroatoms. The Morgan fingerprint density at radius 2 is 1.71 bits per heavy atom. The summed E-state index contributed by atoms with van der Waals surface area (Å²) in [5.74, 6) is 0.418. The monoisotopic (exact) mass is 414 g/mol. The van der Waals surface area contributed by atoms with Crippen molar-refractivity contribution < 1.29 is 19.4 Å². The fraction of sp³-hybridized carbons (Fsp3) is 0.120. The third-order valence-electron chi connectivity index (χ3n) is 5.04. The van der Waals surface area contributed by atoms with Crippen LogP contribution < -0.4 is 15.4 Å². The molecule has 1 amide bonds. The summed E-state index contributed by atoms with van der Waals surface area (Å²) in [6.45, 7) is 3.84. The molecule has 3 N–H and O–H groups in total. The summed E-state index contributed by atoms with van der Waals surface area (Å²) < 4.78 is 5.77. The molecule has 0 radical (unpaired) electrons. The van der Waals surface area contributed by atoms with Crippen molar-refractivity contribution >= 4 is 17.4 Å². The lowest BCUT2D eigenvalue weighted by molar-refractivity contribution is -0.117. The predicted molar refractivity (Wildman–Crippen MR) is 118 cm³/mol. The van der Waals surface area contributed by atoms with Gasteiger partial charge in [-0.2, -0.15) is 0 Å². The lowest BCUT2D eigenvalue weighted by atomic mass is 10.0. The standard InChI is InChI=1S/C25H22N2O4/c1-16-7-14-22(26-16)25(30)27-18-8-10-19(11-9-18)31-20-12-13-21(23(28)15-20)24(29)17-5-3-2-4-6-17/h2-6,8-13,15,22,26,28H,1,7,14H2,(H,27,30). The normalized spacial score (nSPS) is 15.2. The van der Waals surface area contributed by atoms with Gasteiger partial charge in [0.15, 0.2) is 5.78 Å². The molecule has 1 fully saturated rings. The van der Waals surface area contributed by atoms with Gasteiger partial charge in [-0.15, -0.1) is 0 Å². The van der Waals surface area contributed by atoms with E-state index in [1.165, 1.54) is 12.1 Å². The number of ketones is 1. The van der Waals surface area contributed by atoms with Gasteiger partial charge in [0.2, 0.25) is 5.91 Å². The highest BCUT2D eigenvalue weighted by atomic mass is 16.5. The van der Waals surface area contributed by atoms with Gasteiger partial charge in [-0.1, -0.05) is 36.9 Å². The molecule has 1 saturated heterocycles. The van der Waals surface area contributed by atoms with Gasteiger partial charge in [0.25, 0.3) is 0 Å². The molecule has 156 valence electrons. The molecule has 1 unspecified atom stereocenters. The molecule has 3 aromatic rings. The van der Waals surface area contributed by atoms with Crippen LogP contribution in [0.4, 0.5) is 5.69 Å². The van der Waals surface area contributed by atoms with E-state index in [1.54, 1.807) is 54.6 Å². The Hall–Kier alpha value is -4.06. The number of nitrogens with one attached hydrogen (secondary N) is 2. The van der Waals surface area contributed by atoms with Crippen LogP contribution in [0.3, 0.4) is 0 Å². The highest BCUT2D eigenvalue weighted by molar-refractivity contribution is 6.10. The van der Waals surface area contributed by atoms with E-state index in [1.807, 2.05) is 6.07 Å². The smallest absolute Gasteiger partial charge is 0.246 e. The Labute approximate surface area is 180 Å². The molecule has 1 aliphatic heterocycles. The summed E-state index contributed by atoms with van der Waals surface area (Å²) >= 11 is 0. The quantitative estimate of drug-likeness (QED) is 0.512. The average molecular weight is 414 g/mol. The topological polar surface area (TPSA) is 87.7 Å². The zero-order chi connectivity index (χ0) is 21.8. The second-order valence-corrected chi connectivity index (χ2v) is 7.33. The number of hydrogen-bond acceptors (Lipinski definition) is 5. The SMILES string of the molecule is C=C1CCC(C(=O)Nc2ccc(Oc3ccc(C(=O)c4ccccc4)c(O)c3)cc2)N1. The van der Waals surface area contributed by atoms with Crippen LogP contribution >= 0.6 is 0 Å². The highest BCUT2D eigenvalue weighted by Crippen LogP contribution is 2.29. The summed E-state index contributed by atoms with van der Waals surface area (Å²) in [6.07, 6.45) is 1.53. The van der Waals surface area contributed by atoms with Crippen LogP contribution in [0.1, 0.15) is 28.8 Å². The van der Waals surface area contributed by atoms with E-state index in [0.717, 1.165) is 18.5 Å². The number of carbonyl (C=O) groups excluding carboxylic acids is 2. The number of rotatable bonds is 6. The maximum Gasteiger partial charge on any atom is 0.246 e. The molecule has 0 spiro atoms. The third-order valence-corrected chi connectivity index (χ3v) is 5.04. The van der Waals surface area contributed by atoms with E-state index in [9.17, 15) is 14.7 Å². The van der Waals surface area contributed by atoms with Gasteiger partial charge in [-0.3, -0.25) is 9.59 Å². The second kappa shape index (κ2) is 8.75. The van der Waals surface area contributed by atoms with Crippen molar-refractivity contribution in [3.05, 3.63) is 96.2 Å². The summed E-state index contributed by atoms with van der Waals surface area (Å²) in [4.78, 5) is 24.8. The molecule has 3 aromatic carbocycles. The molecular formula is C25H22N2O4. The highest BCUT2D eigenvalue weighted by Gasteiger charge is 2.24. The maximum atomic E-state index is 12.5. The zero-order valence-electron chi connectivity index (χ0n) is 16.8. The molecule has 1 atom stereocenters. The van der Waals surface area contributed by atoms with Crippen molar-refractivity contribution in [3.8, 4) is 17.2 Å². The number of aromatic hydroxyl groups is 1. The number of hydrogen-bond donors (Lipinski definition) is 3. The first-order valence-corrected chi connectivity index (χ1v) is 9.95. The number of anilines is 1. The Bertz CT molecular complexity index is 1120. The number of ether oxygens (including phenoxy) is 1. The van der Waals surface area contributed by atoms with Crippen LogP contribution in [0.2, 0.25) is 0 Å². The van der Waals surface area contributed by atoms with Gasteiger partial charge in [0.05, 0.1) is 5.56 Å². The van der Waals surface area contributed by atoms with Crippen molar-refractivity contribution in [2.45, 2.75) is 18.9 Å². The van der Waals surface area contributed by atoms with Gasteiger partial charge >= 0.3 is 0 Å². The van der Waals surface area contributed by atoms with Crippen LogP contribution in [0.5, 0.6) is 17.2 Å². The molecule has 0 aromatic heterocycles. The molecule has 6 nitrogen and oxygen atoms in total.